The molecule has 11 heteroatoms. The second kappa shape index (κ2) is 9.58. The van der Waals surface area contributed by atoms with Gasteiger partial charge in [0.05, 0.1) is 23.5 Å². The first-order valence-electron chi connectivity index (χ1n) is 11.4. The molecular weight excluding hydrogens is 466 g/mol. The van der Waals surface area contributed by atoms with Crippen LogP contribution < -0.4 is 11.1 Å². The fraction of sp³-hybridized carbons (Fsp3) is 0.240. The largest absolute Gasteiger partial charge is 0.383 e. The molecular formula is C25H22F2N8O. The van der Waals surface area contributed by atoms with Gasteiger partial charge >= 0.3 is 0 Å². The number of amides is 1. The molecule has 1 aliphatic rings. The van der Waals surface area contributed by atoms with E-state index in [-0.39, 0.29) is 18.2 Å². The van der Waals surface area contributed by atoms with Crippen LogP contribution in [-0.2, 0) is 6.54 Å². The number of carbonyl (C=O) groups excluding carboxylic acids is 1. The molecule has 36 heavy (non-hydrogen) atoms. The molecule has 3 heterocycles. The highest BCUT2D eigenvalue weighted by molar-refractivity contribution is 5.98. The molecule has 0 saturated carbocycles. The molecule has 3 N–H and O–H groups in total. The van der Waals surface area contributed by atoms with Crippen molar-refractivity contribution in [1.82, 2.24) is 30.0 Å². The number of nitrogens with one attached hydrogen (secondary N) is 1. The Morgan fingerprint density at radius 1 is 1.19 bits per heavy atom. The van der Waals surface area contributed by atoms with Crippen molar-refractivity contribution < 1.29 is 13.6 Å². The first kappa shape index (κ1) is 23.2. The number of nitrogens with two attached hydrogens (primary N) is 1. The smallest absolute Gasteiger partial charge is 0.254 e. The number of carbonyl (C=O) groups is 1. The Labute approximate surface area is 205 Å². The Morgan fingerprint density at radius 3 is 2.78 bits per heavy atom. The minimum absolute atomic E-state index is 0.0262. The summed E-state index contributed by atoms with van der Waals surface area (Å²) in [5.74, 6) is -1.87. The van der Waals surface area contributed by atoms with Crippen LogP contribution in [0.4, 0.5) is 14.6 Å². The van der Waals surface area contributed by atoms with E-state index in [2.05, 4.69) is 21.5 Å². The van der Waals surface area contributed by atoms with Gasteiger partial charge in [-0.05, 0) is 36.6 Å². The van der Waals surface area contributed by atoms with Gasteiger partial charge < -0.3 is 16.0 Å². The van der Waals surface area contributed by atoms with E-state index in [1.54, 1.807) is 17.0 Å². The fourth-order valence-corrected chi connectivity index (χ4v) is 4.43. The van der Waals surface area contributed by atoms with Crippen LogP contribution in [0.15, 0.2) is 48.8 Å². The maximum atomic E-state index is 13.8. The second-order valence-electron chi connectivity index (χ2n) is 8.60. The SMILES string of the molecule is N#CN1CCC[C@@H](n2nc(-c3ccc(CNC(=O)c4cc(F)ccc4F)cc3)c3c(N)ncnc32)C1. The van der Waals surface area contributed by atoms with Crippen LogP contribution in [0, 0.1) is 23.1 Å². The molecule has 182 valence electrons. The van der Waals surface area contributed by atoms with Crippen LogP contribution in [-0.4, -0.2) is 43.6 Å². The van der Waals surface area contributed by atoms with Gasteiger partial charge in [-0.15, -0.1) is 0 Å². The Kier molecular flexibility index (Phi) is 6.16. The van der Waals surface area contributed by atoms with Crippen molar-refractivity contribution >= 4 is 22.8 Å². The molecule has 4 aromatic rings. The number of rotatable bonds is 5. The molecule has 1 atom stereocenters. The van der Waals surface area contributed by atoms with Gasteiger partial charge in [-0.3, -0.25) is 4.79 Å². The summed E-state index contributed by atoms with van der Waals surface area (Å²) in [4.78, 5) is 22.6. The van der Waals surface area contributed by atoms with Crippen molar-refractivity contribution in [2.75, 3.05) is 18.8 Å². The molecule has 0 spiro atoms. The van der Waals surface area contributed by atoms with Crippen molar-refractivity contribution in [2.45, 2.75) is 25.4 Å². The minimum Gasteiger partial charge on any atom is -0.383 e. The summed E-state index contributed by atoms with van der Waals surface area (Å²) in [6.45, 7) is 1.39. The third-order valence-corrected chi connectivity index (χ3v) is 6.26. The fourth-order valence-electron chi connectivity index (χ4n) is 4.43. The average Bonchev–Trinajstić information content (AvgIpc) is 3.30. The lowest BCUT2D eigenvalue weighted by Gasteiger charge is -2.28. The highest BCUT2D eigenvalue weighted by Gasteiger charge is 2.26. The zero-order valence-electron chi connectivity index (χ0n) is 19.2. The molecule has 1 fully saturated rings. The zero-order valence-corrected chi connectivity index (χ0v) is 19.2. The van der Waals surface area contributed by atoms with Crippen molar-refractivity contribution in [3.63, 3.8) is 0 Å². The van der Waals surface area contributed by atoms with Crippen LogP contribution in [0.3, 0.4) is 0 Å². The normalized spacial score (nSPS) is 15.6. The van der Waals surface area contributed by atoms with E-state index in [1.165, 1.54) is 6.33 Å². The van der Waals surface area contributed by atoms with E-state index in [1.807, 2.05) is 16.8 Å². The number of hydrogen-bond acceptors (Lipinski definition) is 7. The summed E-state index contributed by atoms with van der Waals surface area (Å²) in [5, 5.41) is 17.4. The van der Waals surface area contributed by atoms with E-state index in [9.17, 15) is 18.8 Å². The number of fused-ring (bicyclic) bond motifs is 1. The Bertz CT molecular complexity index is 1480. The molecule has 2 aromatic carbocycles. The van der Waals surface area contributed by atoms with Gasteiger partial charge in [-0.2, -0.15) is 10.4 Å². The lowest BCUT2D eigenvalue weighted by molar-refractivity contribution is 0.0946. The quantitative estimate of drug-likeness (QED) is 0.412. The number of benzene rings is 2. The van der Waals surface area contributed by atoms with Crippen molar-refractivity contribution in [3.8, 4) is 17.5 Å². The maximum Gasteiger partial charge on any atom is 0.254 e. The molecule has 1 amide bonds. The number of hydrogen-bond donors (Lipinski definition) is 2. The Balaban J connectivity index is 1.39. The number of anilines is 1. The van der Waals surface area contributed by atoms with E-state index in [0.29, 0.717) is 29.1 Å². The molecule has 2 aromatic heterocycles. The van der Waals surface area contributed by atoms with Gasteiger partial charge in [0.25, 0.3) is 5.91 Å². The summed E-state index contributed by atoms with van der Waals surface area (Å²) in [7, 11) is 0. The molecule has 1 saturated heterocycles. The van der Waals surface area contributed by atoms with E-state index < -0.39 is 17.5 Å². The highest BCUT2D eigenvalue weighted by atomic mass is 19.1. The van der Waals surface area contributed by atoms with Crippen LogP contribution in [0.2, 0.25) is 0 Å². The molecule has 0 bridgehead atoms. The van der Waals surface area contributed by atoms with Crippen LogP contribution in [0.1, 0.15) is 34.8 Å². The summed E-state index contributed by atoms with van der Waals surface area (Å²) < 4.78 is 29.1. The highest BCUT2D eigenvalue weighted by Crippen LogP contribution is 2.33. The number of likely N-dealkylation sites (tertiary alicyclic amines) is 1. The zero-order chi connectivity index (χ0) is 25.2. The predicted molar refractivity (Wildman–Crippen MR) is 128 cm³/mol. The van der Waals surface area contributed by atoms with Gasteiger partial charge in [0.2, 0.25) is 0 Å². The number of piperidine rings is 1. The maximum absolute atomic E-state index is 13.8. The van der Waals surface area contributed by atoms with Gasteiger partial charge in [-0.1, -0.05) is 24.3 Å². The van der Waals surface area contributed by atoms with Crippen molar-refractivity contribution in [3.05, 3.63) is 71.6 Å². The molecule has 0 unspecified atom stereocenters. The summed E-state index contributed by atoms with van der Waals surface area (Å²) in [6, 6.07) is 10.0. The van der Waals surface area contributed by atoms with Crippen LogP contribution in [0.25, 0.3) is 22.3 Å². The van der Waals surface area contributed by atoms with Gasteiger partial charge in [0.1, 0.15) is 29.5 Å². The van der Waals surface area contributed by atoms with Gasteiger partial charge in [0.15, 0.2) is 11.8 Å². The van der Waals surface area contributed by atoms with Gasteiger partial charge in [-0.25, -0.2) is 23.4 Å². The standard InChI is InChI=1S/C25H22F2N8O/c26-17-7-8-20(27)19(10-17)25(36)30-11-15-3-5-16(6-4-15)22-21-23(29)31-14-32-24(21)35(33-22)18-2-1-9-34(12-18)13-28/h3-8,10,14,18H,1-2,9,11-12H2,(H,30,36)(H2,29,31,32)/t18-/m1/s1. The molecule has 5 rings (SSSR count). The van der Waals surface area contributed by atoms with E-state index in [0.717, 1.165) is 48.7 Å². The third kappa shape index (κ3) is 4.40. The lowest BCUT2D eigenvalue weighted by atomic mass is 10.1. The van der Waals surface area contributed by atoms with Crippen molar-refractivity contribution in [1.29, 1.82) is 5.26 Å². The predicted octanol–water partition coefficient (Wildman–Crippen LogP) is 3.40. The van der Waals surface area contributed by atoms with E-state index >= 15 is 0 Å². The third-order valence-electron chi connectivity index (χ3n) is 6.26. The number of nitrogens with zero attached hydrogens (tertiary/aromatic N) is 6. The Morgan fingerprint density at radius 2 is 2.00 bits per heavy atom. The average molecular weight is 489 g/mol. The molecule has 0 aliphatic carbocycles. The summed E-state index contributed by atoms with van der Waals surface area (Å²) in [5.41, 5.74) is 8.62. The second-order valence-corrected chi connectivity index (χ2v) is 8.60. The molecule has 0 radical (unpaired) electrons. The van der Waals surface area contributed by atoms with Crippen LogP contribution in [0.5, 0.6) is 0 Å². The van der Waals surface area contributed by atoms with Crippen molar-refractivity contribution in [2.24, 2.45) is 0 Å². The topological polar surface area (TPSA) is 126 Å². The Hall–Kier alpha value is -4.59. The number of nitriles is 1. The molecule has 1 aliphatic heterocycles. The molecule has 9 nitrogen and oxygen atoms in total. The summed E-state index contributed by atoms with van der Waals surface area (Å²) in [6.07, 6.45) is 5.34. The number of aromatic nitrogens is 4. The van der Waals surface area contributed by atoms with Gasteiger partial charge in [0, 0.05) is 18.7 Å². The minimum atomic E-state index is -0.789. The first-order valence-corrected chi connectivity index (χ1v) is 11.4. The van der Waals surface area contributed by atoms with E-state index in [4.69, 9.17) is 10.8 Å². The number of halogens is 2. The number of nitrogen functional groups attached to an aromatic ring is 1. The monoisotopic (exact) mass is 488 g/mol. The lowest BCUT2D eigenvalue weighted by Crippen LogP contribution is -2.33. The first-order chi connectivity index (χ1) is 17.4. The summed E-state index contributed by atoms with van der Waals surface area (Å²) >= 11 is 0. The van der Waals surface area contributed by atoms with Crippen LogP contribution >= 0.6 is 0 Å².